The number of thioether (sulfide) groups is 1. The number of amides is 1. The Morgan fingerprint density at radius 3 is 2.59 bits per heavy atom. The van der Waals surface area contributed by atoms with Gasteiger partial charge in [0.1, 0.15) is 11.0 Å². The first-order valence-electron chi connectivity index (χ1n) is 9.79. The summed E-state index contributed by atoms with van der Waals surface area (Å²) in [6.07, 6.45) is 3.09. The number of nitrogens with zero attached hydrogens (tertiary/aromatic N) is 4. The molecule has 0 radical (unpaired) electrons. The zero-order valence-corrected chi connectivity index (χ0v) is 18.9. The minimum Gasteiger partial charge on any atom is -0.360 e. The van der Waals surface area contributed by atoms with Crippen LogP contribution in [0.25, 0.3) is 0 Å². The van der Waals surface area contributed by atoms with Crippen molar-refractivity contribution in [3.63, 3.8) is 0 Å². The van der Waals surface area contributed by atoms with Crippen LogP contribution in [0.3, 0.4) is 0 Å². The van der Waals surface area contributed by atoms with Crippen molar-refractivity contribution in [3.05, 3.63) is 11.2 Å². The first kappa shape index (κ1) is 24.0. The summed E-state index contributed by atoms with van der Waals surface area (Å²) in [5.41, 5.74) is 0. The molecule has 1 unspecified atom stereocenters. The van der Waals surface area contributed by atoms with Gasteiger partial charge in [0.2, 0.25) is 5.91 Å². The molecular formula is C19H34ClN5OS. The van der Waals surface area contributed by atoms with Crippen molar-refractivity contribution in [1.29, 1.82) is 0 Å². The maximum Gasteiger partial charge on any atom is 0.230 e. The third-order valence-electron chi connectivity index (χ3n) is 4.36. The zero-order chi connectivity index (χ0) is 20.2. The second-order valence-electron chi connectivity index (χ2n) is 6.68. The number of nitrogens with one attached hydrogen (secondary N) is 1. The molecule has 1 atom stereocenters. The lowest BCUT2D eigenvalue weighted by molar-refractivity contribution is -0.119. The highest BCUT2D eigenvalue weighted by atomic mass is 35.5. The number of rotatable bonds is 13. The van der Waals surface area contributed by atoms with Crippen molar-refractivity contribution in [1.82, 2.24) is 20.2 Å². The number of carbonyl (C=O) groups excluding carboxylic acids is 1. The average molecular weight is 416 g/mol. The Bertz CT molecular complexity index is 571. The lowest BCUT2D eigenvalue weighted by Crippen LogP contribution is -2.34. The van der Waals surface area contributed by atoms with E-state index >= 15 is 0 Å². The summed E-state index contributed by atoms with van der Waals surface area (Å²) in [4.78, 5) is 25.4. The molecular weight excluding hydrogens is 382 g/mol. The van der Waals surface area contributed by atoms with E-state index in [4.69, 9.17) is 11.6 Å². The average Bonchev–Trinajstić information content (AvgIpc) is 2.63. The molecule has 1 aromatic heterocycles. The molecule has 1 heterocycles. The van der Waals surface area contributed by atoms with E-state index in [-0.39, 0.29) is 17.7 Å². The summed E-state index contributed by atoms with van der Waals surface area (Å²) in [7, 11) is 1.98. The van der Waals surface area contributed by atoms with Crippen LogP contribution in [0.5, 0.6) is 0 Å². The largest absolute Gasteiger partial charge is 0.360 e. The van der Waals surface area contributed by atoms with Gasteiger partial charge in [0, 0.05) is 25.7 Å². The van der Waals surface area contributed by atoms with Gasteiger partial charge in [0.25, 0.3) is 0 Å². The van der Waals surface area contributed by atoms with Gasteiger partial charge < -0.3 is 15.1 Å². The van der Waals surface area contributed by atoms with E-state index in [0.29, 0.717) is 10.3 Å². The van der Waals surface area contributed by atoms with Crippen LogP contribution >= 0.6 is 23.4 Å². The van der Waals surface area contributed by atoms with Gasteiger partial charge in [0.05, 0.1) is 5.75 Å². The van der Waals surface area contributed by atoms with Gasteiger partial charge in [-0.1, -0.05) is 44.1 Å². The van der Waals surface area contributed by atoms with E-state index in [1.807, 2.05) is 11.9 Å². The van der Waals surface area contributed by atoms with Gasteiger partial charge in [-0.2, -0.15) is 0 Å². The Balaban J connectivity index is 2.43. The van der Waals surface area contributed by atoms with E-state index in [1.54, 1.807) is 6.07 Å². The highest BCUT2D eigenvalue weighted by Crippen LogP contribution is 2.21. The molecule has 1 N–H and O–H groups in total. The normalized spacial score (nSPS) is 12.3. The van der Waals surface area contributed by atoms with E-state index in [0.717, 1.165) is 51.3 Å². The maximum absolute atomic E-state index is 12.2. The molecule has 8 heteroatoms. The van der Waals surface area contributed by atoms with Gasteiger partial charge in [-0.3, -0.25) is 4.79 Å². The Labute approximate surface area is 173 Å². The molecule has 0 aromatic carbocycles. The van der Waals surface area contributed by atoms with Crippen LogP contribution in [-0.4, -0.2) is 65.8 Å². The minimum atomic E-state index is 0.00220. The molecule has 154 valence electrons. The molecule has 0 aliphatic heterocycles. The Morgan fingerprint density at radius 1 is 1.26 bits per heavy atom. The SMILES string of the molecule is CCCN(C)c1cc(Cl)nc(SCC(=O)NC(C)CCCN(CC)CC)n1. The van der Waals surface area contributed by atoms with Crippen LogP contribution in [0.2, 0.25) is 5.15 Å². The first-order chi connectivity index (χ1) is 12.9. The molecule has 1 aromatic rings. The second kappa shape index (κ2) is 13.2. The van der Waals surface area contributed by atoms with E-state index in [2.05, 4.69) is 47.9 Å². The highest BCUT2D eigenvalue weighted by Gasteiger charge is 2.12. The van der Waals surface area contributed by atoms with Crippen LogP contribution in [-0.2, 0) is 4.79 Å². The van der Waals surface area contributed by atoms with Crippen molar-refractivity contribution in [2.45, 2.75) is 58.2 Å². The molecule has 27 heavy (non-hydrogen) atoms. The fourth-order valence-electron chi connectivity index (χ4n) is 2.78. The molecule has 1 amide bonds. The van der Waals surface area contributed by atoms with Crippen LogP contribution in [0.15, 0.2) is 11.2 Å². The number of carbonyl (C=O) groups is 1. The van der Waals surface area contributed by atoms with Gasteiger partial charge in [-0.25, -0.2) is 9.97 Å². The summed E-state index contributed by atoms with van der Waals surface area (Å²) in [6.45, 7) is 12.6. The quantitative estimate of drug-likeness (QED) is 0.301. The summed E-state index contributed by atoms with van der Waals surface area (Å²) in [6, 6.07) is 1.92. The third kappa shape index (κ3) is 9.63. The Kier molecular flexibility index (Phi) is 11.7. The van der Waals surface area contributed by atoms with Crippen molar-refractivity contribution in [2.24, 2.45) is 0 Å². The minimum absolute atomic E-state index is 0.00220. The Hall–Kier alpha value is -1.05. The van der Waals surface area contributed by atoms with E-state index in [1.165, 1.54) is 11.8 Å². The lowest BCUT2D eigenvalue weighted by atomic mass is 10.2. The van der Waals surface area contributed by atoms with Crippen molar-refractivity contribution in [3.8, 4) is 0 Å². The predicted octanol–water partition coefficient (Wildman–Crippen LogP) is 3.70. The Morgan fingerprint density at radius 2 is 1.96 bits per heavy atom. The van der Waals surface area contributed by atoms with Crippen LogP contribution in [0.4, 0.5) is 5.82 Å². The van der Waals surface area contributed by atoms with Crippen LogP contribution in [0.1, 0.15) is 47.0 Å². The molecule has 0 aliphatic rings. The van der Waals surface area contributed by atoms with E-state index in [9.17, 15) is 4.79 Å². The fraction of sp³-hybridized carbons (Fsp3) is 0.737. The van der Waals surface area contributed by atoms with Gasteiger partial charge in [-0.05, 0) is 45.8 Å². The maximum atomic E-state index is 12.2. The molecule has 0 saturated heterocycles. The summed E-state index contributed by atoms with van der Waals surface area (Å²) in [5.74, 6) is 1.07. The van der Waals surface area contributed by atoms with Crippen LogP contribution < -0.4 is 10.2 Å². The topological polar surface area (TPSA) is 61.4 Å². The molecule has 0 saturated carbocycles. The molecule has 0 bridgehead atoms. The van der Waals surface area contributed by atoms with Crippen LogP contribution in [0, 0.1) is 0 Å². The predicted molar refractivity (Wildman–Crippen MR) is 116 cm³/mol. The van der Waals surface area contributed by atoms with Crippen molar-refractivity contribution < 1.29 is 4.79 Å². The van der Waals surface area contributed by atoms with Gasteiger partial charge >= 0.3 is 0 Å². The number of halogens is 1. The third-order valence-corrected chi connectivity index (χ3v) is 5.40. The zero-order valence-electron chi connectivity index (χ0n) is 17.3. The second-order valence-corrected chi connectivity index (χ2v) is 8.01. The molecule has 0 fully saturated rings. The molecule has 1 rings (SSSR count). The summed E-state index contributed by atoms with van der Waals surface area (Å²) >= 11 is 7.42. The highest BCUT2D eigenvalue weighted by molar-refractivity contribution is 7.99. The van der Waals surface area contributed by atoms with Crippen molar-refractivity contribution in [2.75, 3.05) is 43.9 Å². The van der Waals surface area contributed by atoms with Crippen molar-refractivity contribution >= 4 is 35.1 Å². The molecule has 0 spiro atoms. The monoisotopic (exact) mass is 415 g/mol. The van der Waals surface area contributed by atoms with E-state index < -0.39 is 0 Å². The number of anilines is 1. The lowest BCUT2D eigenvalue weighted by Gasteiger charge is -2.20. The smallest absolute Gasteiger partial charge is 0.230 e. The molecule has 0 aliphatic carbocycles. The number of aromatic nitrogens is 2. The van der Waals surface area contributed by atoms with Gasteiger partial charge in [-0.15, -0.1) is 0 Å². The first-order valence-corrected chi connectivity index (χ1v) is 11.2. The number of hydrogen-bond acceptors (Lipinski definition) is 6. The standard InChI is InChI=1S/C19H34ClN5OS/c1-6-11-24(5)17-13-16(20)22-19(23-17)27-14-18(26)21-15(4)10-9-12-25(7-2)8-3/h13,15H,6-12,14H2,1-5H3,(H,21,26). The summed E-state index contributed by atoms with van der Waals surface area (Å²) in [5, 5.41) is 3.99. The molecule has 6 nitrogen and oxygen atoms in total. The van der Waals surface area contributed by atoms with Gasteiger partial charge in [0.15, 0.2) is 5.16 Å². The summed E-state index contributed by atoms with van der Waals surface area (Å²) < 4.78 is 0. The number of hydrogen-bond donors (Lipinski definition) is 1. The fourth-order valence-corrected chi connectivity index (χ4v) is 3.67.